The summed E-state index contributed by atoms with van der Waals surface area (Å²) in [6, 6.07) is 7.11. The SMILES string of the molecule is Fc1ccccc1CN1CCC[C@@H](c2cn(C3C=Cc4[nH]nc(-c5cnc(C6CC6)nc5)c4C3)nn2)C1. The van der Waals surface area contributed by atoms with Crippen LogP contribution in [-0.2, 0) is 13.0 Å². The fourth-order valence-electron chi connectivity index (χ4n) is 5.59. The molecule has 37 heavy (non-hydrogen) atoms. The molecule has 1 saturated carbocycles. The average molecular weight is 497 g/mol. The Morgan fingerprint density at radius 1 is 1.05 bits per heavy atom. The predicted octanol–water partition coefficient (Wildman–Crippen LogP) is 4.66. The maximum atomic E-state index is 14.2. The van der Waals surface area contributed by atoms with Crippen LogP contribution in [0.2, 0.25) is 0 Å². The van der Waals surface area contributed by atoms with Crippen molar-refractivity contribution in [2.75, 3.05) is 13.1 Å². The molecule has 3 aliphatic rings. The minimum absolute atomic E-state index is 0.0647. The van der Waals surface area contributed by atoms with E-state index in [1.165, 1.54) is 18.9 Å². The van der Waals surface area contributed by atoms with E-state index in [0.717, 1.165) is 71.9 Å². The molecule has 188 valence electrons. The fourth-order valence-corrected chi connectivity index (χ4v) is 5.59. The summed E-state index contributed by atoms with van der Waals surface area (Å²) in [4.78, 5) is 11.5. The molecule has 1 aliphatic heterocycles. The van der Waals surface area contributed by atoms with E-state index in [9.17, 15) is 4.39 Å². The molecule has 1 unspecified atom stereocenters. The highest BCUT2D eigenvalue weighted by Gasteiger charge is 2.28. The molecule has 2 atom stereocenters. The van der Waals surface area contributed by atoms with Crippen LogP contribution in [0, 0.1) is 5.82 Å². The number of aromatic amines is 1. The number of benzene rings is 1. The van der Waals surface area contributed by atoms with Gasteiger partial charge in [0.1, 0.15) is 11.6 Å². The van der Waals surface area contributed by atoms with Gasteiger partial charge in [-0.2, -0.15) is 5.10 Å². The van der Waals surface area contributed by atoms with Crippen LogP contribution in [0.5, 0.6) is 0 Å². The van der Waals surface area contributed by atoms with Gasteiger partial charge in [0.05, 0.1) is 23.1 Å². The lowest BCUT2D eigenvalue weighted by Gasteiger charge is -2.31. The van der Waals surface area contributed by atoms with Crippen molar-refractivity contribution in [1.29, 1.82) is 0 Å². The summed E-state index contributed by atoms with van der Waals surface area (Å²) in [7, 11) is 0. The van der Waals surface area contributed by atoms with E-state index in [-0.39, 0.29) is 11.9 Å². The highest BCUT2D eigenvalue weighted by molar-refractivity contribution is 5.68. The first-order valence-electron chi connectivity index (χ1n) is 13.2. The standard InChI is InChI=1S/C28H29FN8/c29-24-6-2-1-4-19(24)15-36-11-3-5-20(16-36)26-17-37(35-33-26)22-9-10-25-23(12-22)27(34-32-25)21-13-30-28(31-14-21)18-7-8-18/h1-2,4,6,9-10,13-14,17-18,20,22H,3,5,7-8,11-12,15-16H2,(H,32,34)/t20-,22?/m1/s1. The number of H-pyrrole nitrogens is 1. The van der Waals surface area contributed by atoms with E-state index in [4.69, 9.17) is 0 Å². The molecular formula is C28H29FN8. The van der Waals surface area contributed by atoms with E-state index in [1.807, 2.05) is 29.2 Å². The van der Waals surface area contributed by atoms with Crippen molar-refractivity contribution in [3.05, 3.63) is 83.1 Å². The molecule has 0 radical (unpaired) electrons. The Kier molecular flexibility index (Phi) is 5.65. The quantitative estimate of drug-likeness (QED) is 0.418. The Labute approximate surface area is 214 Å². The summed E-state index contributed by atoms with van der Waals surface area (Å²) in [6.07, 6.45) is 15.4. The number of piperidine rings is 1. The molecule has 0 bridgehead atoms. The third-order valence-electron chi connectivity index (χ3n) is 7.83. The summed E-state index contributed by atoms with van der Waals surface area (Å²) >= 11 is 0. The normalized spacial score (nSPS) is 21.8. The number of rotatable bonds is 6. The Balaban J connectivity index is 1.06. The first-order valence-corrected chi connectivity index (χ1v) is 13.2. The molecule has 2 aliphatic carbocycles. The fraction of sp³-hybridized carbons (Fsp3) is 0.393. The molecule has 1 N–H and O–H groups in total. The number of nitrogens with one attached hydrogen (secondary N) is 1. The number of aromatic nitrogens is 7. The molecule has 3 aromatic heterocycles. The van der Waals surface area contributed by atoms with E-state index in [2.05, 4.69) is 53.7 Å². The number of nitrogens with zero attached hydrogens (tertiary/aromatic N) is 7. The highest BCUT2D eigenvalue weighted by atomic mass is 19.1. The Hall–Kier alpha value is -3.72. The molecular weight excluding hydrogens is 467 g/mol. The summed E-state index contributed by atoms with van der Waals surface area (Å²) in [5.41, 5.74) is 5.78. The van der Waals surface area contributed by atoms with Crippen molar-refractivity contribution in [1.82, 2.24) is 40.1 Å². The molecule has 8 nitrogen and oxygen atoms in total. The van der Waals surface area contributed by atoms with Crippen molar-refractivity contribution >= 4 is 6.08 Å². The van der Waals surface area contributed by atoms with E-state index in [0.29, 0.717) is 18.4 Å². The smallest absolute Gasteiger partial charge is 0.131 e. The first kappa shape index (κ1) is 22.5. The van der Waals surface area contributed by atoms with Crippen LogP contribution in [-0.4, -0.2) is 53.1 Å². The molecule has 9 heteroatoms. The van der Waals surface area contributed by atoms with Crippen LogP contribution in [0.15, 0.2) is 48.9 Å². The average Bonchev–Trinajstić information content (AvgIpc) is 3.51. The third kappa shape index (κ3) is 4.48. The number of fused-ring (bicyclic) bond motifs is 1. The lowest BCUT2D eigenvalue weighted by atomic mass is 9.94. The summed E-state index contributed by atoms with van der Waals surface area (Å²) in [5, 5.41) is 16.8. The van der Waals surface area contributed by atoms with Crippen molar-refractivity contribution in [2.24, 2.45) is 0 Å². The Morgan fingerprint density at radius 2 is 1.92 bits per heavy atom. The molecule has 1 saturated heterocycles. The van der Waals surface area contributed by atoms with Crippen LogP contribution < -0.4 is 0 Å². The van der Waals surface area contributed by atoms with Crippen molar-refractivity contribution in [2.45, 2.75) is 56.5 Å². The lowest BCUT2D eigenvalue weighted by molar-refractivity contribution is 0.196. The topological polar surface area (TPSA) is 88.4 Å². The highest BCUT2D eigenvalue weighted by Crippen LogP contribution is 2.38. The van der Waals surface area contributed by atoms with Gasteiger partial charge in [0.25, 0.3) is 0 Å². The first-order chi connectivity index (χ1) is 18.2. The van der Waals surface area contributed by atoms with Crippen molar-refractivity contribution < 1.29 is 4.39 Å². The predicted molar refractivity (Wildman–Crippen MR) is 137 cm³/mol. The molecule has 4 heterocycles. The second kappa shape index (κ2) is 9.30. The monoisotopic (exact) mass is 496 g/mol. The molecule has 0 spiro atoms. The number of halogens is 1. The van der Waals surface area contributed by atoms with E-state index >= 15 is 0 Å². The van der Waals surface area contributed by atoms with Gasteiger partial charge < -0.3 is 0 Å². The Morgan fingerprint density at radius 3 is 2.76 bits per heavy atom. The molecule has 4 aromatic rings. The van der Waals surface area contributed by atoms with Gasteiger partial charge >= 0.3 is 0 Å². The van der Waals surface area contributed by atoms with E-state index in [1.54, 1.807) is 6.07 Å². The minimum Gasteiger partial charge on any atom is -0.298 e. The van der Waals surface area contributed by atoms with Gasteiger partial charge in [-0.15, -0.1) is 5.10 Å². The van der Waals surface area contributed by atoms with Gasteiger partial charge in [-0.1, -0.05) is 29.5 Å². The number of hydrogen-bond donors (Lipinski definition) is 1. The maximum Gasteiger partial charge on any atom is 0.131 e. The third-order valence-corrected chi connectivity index (χ3v) is 7.83. The number of likely N-dealkylation sites (tertiary alicyclic amines) is 1. The summed E-state index contributed by atoms with van der Waals surface area (Å²) in [5.74, 6) is 1.63. The van der Waals surface area contributed by atoms with Gasteiger partial charge in [-0.3, -0.25) is 10.00 Å². The Bertz CT molecular complexity index is 1430. The maximum absolute atomic E-state index is 14.2. The largest absolute Gasteiger partial charge is 0.298 e. The van der Waals surface area contributed by atoms with Crippen LogP contribution in [0.25, 0.3) is 17.3 Å². The molecule has 2 fully saturated rings. The van der Waals surface area contributed by atoms with Crippen molar-refractivity contribution in [3.8, 4) is 11.3 Å². The minimum atomic E-state index is -0.136. The van der Waals surface area contributed by atoms with Crippen molar-refractivity contribution in [3.63, 3.8) is 0 Å². The van der Waals surface area contributed by atoms with Crippen LogP contribution in [0.1, 0.15) is 71.9 Å². The van der Waals surface area contributed by atoms with Gasteiger partial charge in [0.15, 0.2) is 0 Å². The molecule has 7 rings (SSSR count). The van der Waals surface area contributed by atoms with Crippen LogP contribution >= 0.6 is 0 Å². The zero-order chi connectivity index (χ0) is 24.8. The van der Waals surface area contributed by atoms with E-state index < -0.39 is 0 Å². The summed E-state index contributed by atoms with van der Waals surface area (Å²) in [6.45, 7) is 2.46. The van der Waals surface area contributed by atoms with Crippen LogP contribution in [0.3, 0.4) is 0 Å². The number of hydrogen-bond acceptors (Lipinski definition) is 6. The van der Waals surface area contributed by atoms with Gasteiger partial charge in [-0.25, -0.2) is 19.0 Å². The zero-order valence-corrected chi connectivity index (χ0v) is 20.6. The lowest BCUT2D eigenvalue weighted by Crippen LogP contribution is -2.34. The zero-order valence-electron chi connectivity index (χ0n) is 20.6. The van der Waals surface area contributed by atoms with Crippen LogP contribution in [0.4, 0.5) is 4.39 Å². The molecule has 1 aromatic carbocycles. The van der Waals surface area contributed by atoms with Gasteiger partial charge in [0, 0.05) is 66.6 Å². The molecule has 0 amide bonds. The van der Waals surface area contributed by atoms with Gasteiger partial charge in [0.2, 0.25) is 0 Å². The number of allylic oxidation sites excluding steroid dienone is 1. The second-order valence-electron chi connectivity index (χ2n) is 10.5. The second-order valence-corrected chi connectivity index (χ2v) is 10.5. The summed E-state index contributed by atoms with van der Waals surface area (Å²) < 4.78 is 16.1. The van der Waals surface area contributed by atoms with Gasteiger partial charge in [-0.05, 0) is 44.4 Å².